The molecule has 0 aliphatic heterocycles. The summed E-state index contributed by atoms with van der Waals surface area (Å²) >= 11 is 0. The number of hydrogen-bond acceptors (Lipinski definition) is 3. The number of ether oxygens (including phenoxy) is 1. The van der Waals surface area contributed by atoms with Crippen LogP contribution in [0.3, 0.4) is 0 Å². The van der Waals surface area contributed by atoms with Gasteiger partial charge in [0.25, 0.3) is 0 Å². The molecule has 1 N–H and O–H groups in total. The van der Waals surface area contributed by atoms with Crippen molar-refractivity contribution in [2.75, 3.05) is 12.4 Å². The Morgan fingerprint density at radius 3 is 2.83 bits per heavy atom. The number of aromatic nitrogens is 1. The van der Waals surface area contributed by atoms with Crippen LogP contribution in [0.15, 0.2) is 36.5 Å². The first-order chi connectivity index (χ1) is 11.8. The summed E-state index contributed by atoms with van der Waals surface area (Å²) in [7, 11) is 1.83. The Hall–Kier alpha value is -1.87. The molecule has 0 bridgehead atoms. The maximum atomic E-state index is 5.79. The van der Waals surface area contributed by atoms with Gasteiger partial charge in [-0.3, -0.25) is 0 Å². The van der Waals surface area contributed by atoms with Gasteiger partial charge in [0.1, 0.15) is 5.82 Å². The number of pyridine rings is 1. The quantitative estimate of drug-likeness (QED) is 0.721. The lowest BCUT2D eigenvalue weighted by Crippen LogP contribution is -2.10. The zero-order valence-electron chi connectivity index (χ0n) is 14.8. The summed E-state index contributed by atoms with van der Waals surface area (Å²) in [5.41, 5.74) is 5.45. The van der Waals surface area contributed by atoms with E-state index in [2.05, 4.69) is 29.4 Å². The van der Waals surface area contributed by atoms with Crippen molar-refractivity contribution >= 4 is 11.5 Å². The number of methoxy groups -OCH3 is 1. The molecule has 0 saturated carbocycles. The summed E-state index contributed by atoms with van der Waals surface area (Å²) in [5, 5.41) is 3.54. The first kappa shape index (κ1) is 17.0. The van der Waals surface area contributed by atoms with Crippen molar-refractivity contribution in [2.45, 2.75) is 58.0 Å². The van der Waals surface area contributed by atoms with Gasteiger partial charge >= 0.3 is 0 Å². The Morgan fingerprint density at radius 1 is 1.21 bits per heavy atom. The minimum atomic E-state index is 0.182. The van der Waals surface area contributed by atoms with E-state index in [1.165, 1.54) is 54.5 Å². The van der Waals surface area contributed by atoms with Gasteiger partial charge in [-0.15, -0.1) is 0 Å². The molecule has 1 aromatic heterocycles. The molecule has 1 aromatic carbocycles. The third kappa shape index (κ3) is 3.96. The average molecular weight is 324 g/mol. The van der Waals surface area contributed by atoms with Crippen LogP contribution in [0.1, 0.15) is 61.8 Å². The number of nitrogens with one attached hydrogen (secondary N) is 1. The van der Waals surface area contributed by atoms with E-state index in [1.54, 1.807) is 0 Å². The molecule has 0 amide bonds. The van der Waals surface area contributed by atoms with Crippen molar-refractivity contribution in [2.24, 2.45) is 0 Å². The van der Waals surface area contributed by atoms with Crippen LogP contribution in [0.2, 0.25) is 0 Å². The fraction of sp³-hybridized carbons (Fsp3) is 0.476. The highest BCUT2D eigenvalue weighted by molar-refractivity contribution is 5.64. The minimum absolute atomic E-state index is 0.182. The molecule has 1 aliphatic rings. The van der Waals surface area contributed by atoms with Crippen molar-refractivity contribution in [1.29, 1.82) is 0 Å². The van der Waals surface area contributed by atoms with E-state index < -0.39 is 0 Å². The number of rotatable bonds is 7. The highest BCUT2D eigenvalue weighted by Gasteiger charge is 2.19. The molecule has 1 aliphatic carbocycles. The Labute approximate surface area is 145 Å². The monoisotopic (exact) mass is 324 g/mol. The van der Waals surface area contributed by atoms with E-state index in [9.17, 15) is 0 Å². The lowest BCUT2D eigenvalue weighted by molar-refractivity contribution is 0.0935. The molecule has 3 nitrogen and oxygen atoms in total. The molecule has 128 valence electrons. The van der Waals surface area contributed by atoms with Gasteiger partial charge in [-0.2, -0.15) is 0 Å². The second-order valence-electron chi connectivity index (χ2n) is 6.62. The summed E-state index contributed by atoms with van der Waals surface area (Å²) in [6.07, 6.45) is 10.4. The maximum Gasteiger partial charge on any atom is 0.130 e. The van der Waals surface area contributed by atoms with Gasteiger partial charge in [0.2, 0.25) is 0 Å². The standard InChI is InChI=1S/C21H28N2O/c1-3-4-11-20(24-2)17-14-16-9-5-6-10-18(16)19(15-17)23-21-12-7-8-13-22-21/h7-8,12-15,20H,3-6,9-11H2,1-2H3,(H,22,23). The molecule has 1 atom stereocenters. The number of benzene rings is 1. The molecular weight excluding hydrogens is 296 g/mol. The van der Waals surface area contributed by atoms with Crippen molar-refractivity contribution < 1.29 is 4.74 Å². The van der Waals surface area contributed by atoms with Crippen LogP contribution in [0.4, 0.5) is 11.5 Å². The Kier molecular flexibility index (Phi) is 5.86. The van der Waals surface area contributed by atoms with E-state index in [4.69, 9.17) is 4.74 Å². The van der Waals surface area contributed by atoms with Gasteiger partial charge in [0.05, 0.1) is 6.10 Å². The minimum Gasteiger partial charge on any atom is -0.377 e. The van der Waals surface area contributed by atoms with Crippen LogP contribution in [0.25, 0.3) is 0 Å². The van der Waals surface area contributed by atoms with Crippen molar-refractivity contribution in [3.05, 3.63) is 53.2 Å². The number of aryl methyl sites for hydroxylation is 1. The van der Waals surface area contributed by atoms with Crippen LogP contribution in [-0.2, 0) is 17.6 Å². The second-order valence-corrected chi connectivity index (χ2v) is 6.62. The van der Waals surface area contributed by atoms with Gasteiger partial charge in [0.15, 0.2) is 0 Å². The highest BCUT2D eigenvalue weighted by Crippen LogP contribution is 2.35. The normalized spacial score (nSPS) is 14.9. The molecule has 0 saturated heterocycles. The summed E-state index contributed by atoms with van der Waals surface area (Å²) in [6.45, 7) is 2.23. The third-order valence-electron chi connectivity index (χ3n) is 4.89. The van der Waals surface area contributed by atoms with Gasteiger partial charge < -0.3 is 10.1 Å². The molecule has 3 heteroatoms. The van der Waals surface area contributed by atoms with E-state index in [0.717, 1.165) is 18.7 Å². The smallest absolute Gasteiger partial charge is 0.130 e. The molecule has 0 fully saturated rings. The highest BCUT2D eigenvalue weighted by atomic mass is 16.5. The molecule has 1 unspecified atom stereocenters. The summed E-state index contributed by atoms with van der Waals surface area (Å²) in [4.78, 5) is 4.42. The van der Waals surface area contributed by atoms with Gasteiger partial charge in [-0.1, -0.05) is 31.9 Å². The summed E-state index contributed by atoms with van der Waals surface area (Å²) in [5.74, 6) is 0.907. The first-order valence-corrected chi connectivity index (χ1v) is 9.18. The number of hydrogen-bond donors (Lipinski definition) is 1. The SMILES string of the molecule is CCCCC(OC)c1cc2c(c(Nc3ccccn3)c1)CCCC2. The van der Waals surface area contributed by atoms with Crippen molar-refractivity contribution in [1.82, 2.24) is 4.98 Å². The predicted octanol–water partition coefficient (Wildman–Crippen LogP) is 5.58. The third-order valence-corrected chi connectivity index (χ3v) is 4.89. The maximum absolute atomic E-state index is 5.79. The number of fused-ring (bicyclic) bond motifs is 1. The Morgan fingerprint density at radius 2 is 2.08 bits per heavy atom. The Bertz CT molecular complexity index is 654. The zero-order valence-corrected chi connectivity index (χ0v) is 14.8. The van der Waals surface area contributed by atoms with Gasteiger partial charge in [-0.05, 0) is 67.0 Å². The summed E-state index contributed by atoms with van der Waals surface area (Å²) < 4.78 is 5.79. The zero-order chi connectivity index (χ0) is 16.8. The van der Waals surface area contributed by atoms with E-state index in [0.29, 0.717) is 0 Å². The van der Waals surface area contributed by atoms with Crippen LogP contribution in [0.5, 0.6) is 0 Å². The van der Waals surface area contributed by atoms with Crippen LogP contribution in [-0.4, -0.2) is 12.1 Å². The van der Waals surface area contributed by atoms with Crippen LogP contribution >= 0.6 is 0 Å². The molecule has 1 heterocycles. The van der Waals surface area contributed by atoms with Crippen molar-refractivity contribution in [3.8, 4) is 0 Å². The van der Waals surface area contributed by atoms with E-state index in [1.807, 2.05) is 31.5 Å². The lowest BCUT2D eigenvalue weighted by Gasteiger charge is -2.24. The molecule has 3 rings (SSSR count). The number of anilines is 2. The van der Waals surface area contributed by atoms with Crippen LogP contribution < -0.4 is 5.32 Å². The molecule has 24 heavy (non-hydrogen) atoms. The Balaban J connectivity index is 1.94. The fourth-order valence-electron chi connectivity index (χ4n) is 3.57. The van der Waals surface area contributed by atoms with Crippen molar-refractivity contribution in [3.63, 3.8) is 0 Å². The van der Waals surface area contributed by atoms with E-state index in [-0.39, 0.29) is 6.10 Å². The first-order valence-electron chi connectivity index (χ1n) is 9.18. The average Bonchev–Trinajstić information content (AvgIpc) is 2.63. The largest absolute Gasteiger partial charge is 0.377 e. The van der Waals surface area contributed by atoms with E-state index >= 15 is 0 Å². The number of unbranched alkanes of at least 4 members (excludes halogenated alkanes) is 1. The second kappa shape index (κ2) is 8.29. The van der Waals surface area contributed by atoms with Crippen LogP contribution in [0, 0.1) is 0 Å². The molecule has 2 aromatic rings. The molecule has 0 radical (unpaired) electrons. The topological polar surface area (TPSA) is 34.1 Å². The molecule has 0 spiro atoms. The predicted molar refractivity (Wildman–Crippen MR) is 99.9 cm³/mol. The van der Waals surface area contributed by atoms with Gasteiger partial charge in [0, 0.05) is 19.0 Å². The molecular formula is C21H28N2O. The lowest BCUT2D eigenvalue weighted by atomic mass is 9.87. The van der Waals surface area contributed by atoms with Gasteiger partial charge in [-0.25, -0.2) is 4.98 Å². The summed E-state index contributed by atoms with van der Waals surface area (Å²) in [6, 6.07) is 10.6. The number of nitrogens with zero attached hydrogens (tertiary/aromatic N) is 1. The fourth-order valence-corrected chi connectivity index (χ4v) is 3.57.